The molecule has 7 nitrogen and oxygen atoms in total. The van der Waals surface area contributed by atoms with Crippen LogP contribution in [0.2, 0.25) is 0 Å². The van der Waals surface area contributed by atoms with Crippen molar-refractivity contribution in [1.29, 1.82) is 0 Å². The lowest BCUT2D eigenvalue weighted by Gasteiger charge is -2.14. The molecule has 0 aliphatic heterocycles. The molecule has 0 saturated carbocycles. The summed E-state index contributed by atoms with van der Waals surface area (Å²) in [7, 11) is 1.88. The van der Waals surface area contributed by atoms with Crippen LogP contribution in [0.3, 0.4) is 0 Å². The van der Waals surface area contributed by atoms with Crippen LogP contribution in [0.4, 0.5) is 4.79 Å². The van der Waals surface area contributed by atoms with E-state index in [0.717, 1.165) is 5.82 Å². The van der Waals surface area contributed by atoms with Gasteiger partial charge in [-0.1, -0.05) is 13.3 Å². The fourth-order valence-corrected chi connectivity index (χ4v) is 1.68. The molecule has 0 aliphatic rings. The van der Waals surface area contributed by atoms with Crippen LogP contribution in [-0.2, 0) is 18.3 Å². The highest BCUT2D eigenvalue weighted by Crippen LogP contribution is 1.97. The molecule has 0 aromatic carbocycles. The molecule has 1 aromatic heterocycles. The van der Waals surface area contributed by atoms with Gasteiger partial charge in [-0.15, -0.1) is 0 Å². The van der Waals surface area contributed by atoms with Crippen LogP contribution in [0.25, 0.3) is 0 Å². The topological polar surface area (TPSA) is 96.3 Å². The lowest BCUT2D eigenvalue weighted by atomic mass is 10.2. The summed E-state index contributed by atoms with van der Waals surface area (Å²) < 4.78 is 1.87. The third-order valence-corrected chi connectivity index (χ3v) is 2.74. The molecule has 0 aliphatic carbocycles. The van der Waals surface area contributed by atoms with Gasteiger partial charge in [0.1, 0.15) is 11.9 Å². The molecule has 19 heavy (non-hydrogen) atoms. The summed E-state index contributed by atoms with van der Waals surface area (Å²) >= 11 is 0. The van der Waals surface area contributed by atoms with Gasteiger partial charge in [0.15, 0.2) is 0 Å². The highest BCUT2D eigenvalue weighted by atomic mass is 16.4. The van der Waals surface area contributed by atoms with Crippen molar-refractivity contribution in [3.05, 3.63) is 18.2 Å². The minimum Gasteiger partial charge on any atom is -0.480 e. The van der Waals surface area contributed by atoms with Gasteiger partial charge in [-0.2, -0.15) is 0 Å². The monoisotopic (exact) mass is 268 g/mol. The molecule has 0 bridgehead atoms. The number of rotatable bonds is 7. The molecular weight excluding hydrogens is 248 g/mol. The molecule has 2 amide bonds. The second-order valence-electron chi connectivity index (χ2n) is 4.28. The number of hydrogen-bond acceptors (Lipinski definition) is 3. The van der Waals surface area contributed by atoms with Crippen molar-refractivity contribution in [1.82, 2.24) is 20.2 Å². The SMILES string of the molecule is CCC[C@H](NC(=O)NCCc1nccn1C)C(=O)O. The van der Waals surface area contributed by atoms with Gasteiger partial charge in [0, 0.05) is 32.4 Å². The molecule has 1 aromatic rings. The van der Waals surface area contributed by atoms with E-state index in [1.54, 1.807) is 6.20 Å². The summed E-state index contributed by atoms with van der Waals surface area (Å²) in [6, 6.07) is -1.30. The van der Waals surface area contributed by atoms with Crippen LogP contribution >= 0.6 is 0 Å². The molecule has 0 saturated heterocycles. The molecule has 0 unspecified atom stereocenters. The molecule has 106 valence electrons. The normalized spacial score (nSPS) is 11.9. The molecule has 0 radical (unpaired) electrons. The number of carboxylic acid groups (broad SMARTS) is 1. The minimum absolute atomic E-state index is 0.412. The predicted octanol–water partition coefficient (Wildman–Crippen LogP) is 0.515. The molecule has 0 spiro atoms. The molecular formula is C12H20N4O3. The van der Waals surface area contributed by atoms with E-state index in [1.807, 2.05) is 24.7 Å². The van der Waals surface area contributed by atoms with Crippen LogP contribution in [0, 0.1) is 0 Å². The zero-order valence-electron chi connectivity index (χ0n) is 11.2. The Balaban J connectivity index is 2.31. The summed E-state index contributed by atoms with van der Waals surface area (Å²) in [6.07, 6.45) is 5.24. The Labute approximate surface area is 112 Å². The Morgan fingerprint density at radius 2 is 2.26 bits per heavy atom. The average Bonchev–Trinajstić information content (AvgIpc) is 2.74. The van der Waals surface area contributed by atoms with Crippen molar-refractivity contribution in [3.8, 4) is 0 Å². The number of carboxylic acids is 1. The number of nitrogens with one attached hydrogen (secondary N) is 2. The van der Waals surface area contributed by atoms with Crippen molar-refractivity contribution in [2.45, 2.75) is 32.2 Å². The third-order valence-electron chi connectivity index (χ3n) is 2.74. The van der Waals surface area contributed by atoms with Crippen LogP contribution < -0.4 is 10.6 Å². The Morgan fingerprint density at radius 1 is 1.53 bits per heavy atom. The smallest absolute Gasteiger partial charge is 0.326 e. The molecule has 3 N–H and O–H groups in total. The predicted molar refractivity (Wildman–Crippen MR) is 69.8 cm³/mol. The molecule has 1 atom stereocenters. The first-order valence-electron chi connectivity index (χ1n) is 6.28. The number of aromatic nitrogens is 2. The quantitative estimate of drug-likeness (QED) is 0.671. The summed E-state index contributed by atoms with van der Waals surface area (Å²) in [6.45, 7) is 2.28. The molecule has 7 heteroatoms. The number of imidazole rings is 1. The summed E-state index contributed by atoms with van der Waals surface area (Å²) in [5, 5.41) is 14.0. The van der Waals surface area contributed by atoms with Gasteiger partial charge in [-0.05, 0) is 6.42 Å². The number of carbonyl (C=O) groups is 2. The van der Waals surface area contributed by atoms with Crippen molar-refractivity contribution in [2.24, 2.45) is 7.05 Å². The number of urea groups is 1. The Hall–Kier alpha value is -2.05. The van der Waals surface area contributed by atoms with E-state index in [4.69, 9.17) is 5.11 Å². The second kappa shape index (κ2) is 7.40. The maximum absolute atomic E-state index is 11.5. The van der Waals surface area contributed by atoms with E-state index < -0.39 is 18.0 Å². The highest BCUT2D eigenvalue weighted by Gasteiger charge is 2.18. The van der Waals surface area contributed by atoms with Gasteiger partial charge >= 0.3 is 12.0 Å². The summed E-state index contributed by atoms with van der Waals surface area (Å²) in [4.78, 5) is 26.5. The molecule has 0 fully saturated rings. The highest BCUT2D eigenvalue weighted by molar-refractivity contribution is 5.82. The first kappa shape index (κ1) is 15.0. The van der Waals surface area contributed by atoms with Gasteiger partial charge in [0.05, 0.1) is 0 Å². The number of aliphatic carboxylic acids is 1. The molecule has 1 heterocycles. The van der Waals surface area contributed by atoms with E-state index in [0.29, 0.717) is 25.8 Å². The number of amides is 2. The van der Waals surface area contributed by atoms with Gasteiger partial charge in [-0.3, -0.25) is 0 Å². The van der Waals surface area contributed by atoms with E-state index >= 15 is 0 Å². The van der Waals surface area contributed by atoms with Crippen LogP contribution in [0.1, 0.15) is 25.6 Å². The van der Waals surface area contributed by atoms with Crippen LogP contribution in [0.15, 0.2) is 12.4 Å². The van der Waals surface area contributed by atoms with Gasteiger partial charge in [0.2, 0.25) is 0 Å². The lowest BCUT2D eigenvalue weighted by Crippen LogP contribution is -2.46. The fourth-order valence-electron chi connectivity index (χ4n) is 1.68. The second-order valence-corrected chi connectivity index (χ2v) is 4.28. The van der Waals surface area contributed by atoms with Gasteiger partial charge in [0.25, 0.3) is 0 Å². The average molecular weight is 268 g/mol. The van der Waals surface area contributed by atoms with Crippen molar-refractivity contribution >= 4 is 12.0 Å². The van der Waals surface area contributed by atoms with Crippen LogP contribution in [-0.4, -0.2) is 39.2 Å². The number of nitrogens with zero attached hydrogens (tertiary/aromatic N) is 2. The van der Waals surface area contributed by atoms with Gasteiger partial charge < -0.3 is 20.3 Å². The van der Waals surface area contributed by atoms with Gasteiger partial charge in [-0.25, -0.2) is 14.6 Å². The number of carbonyl (C=O) groups excluding carboxylic acids is 1. The maximum Gasteiger partial charge on any atom is 0.326 e. The van der Waals surface area contributed by atoms with Crippen molar-refractivity contribution in [2.75, 3.05) is 6.54 Å². The summed E-state index contributed by atoms with van der Waals surface area (Å²) in [5.41, 5.74) is 0. The van der Waals surface area contributed by atoms with E-state index in [-0.39, 0.29) is 0 Å². The maximum atomic E-state index is 11.5. The Kier molecular flexibility index (Phi) is 5.84. The largest absolute Gasteiger partial charge is 0.480 e. The minimum atomic E-state index is -1.01. The molecule has 1 rings (SSSR count). The zero-order chi connectivity index (χ0) is 14.3. The van der Waals surface area contributed by atoms with E-state index in [1.165, 1.54) is 0 Å². The Morgan fingerprint density at radius 3 is 2.79 bits per heavy atom. The van der Waals surface area contributed by atoms with Crippen molar-refractivity contribution in [3.63, 3.8) is 0 Å². The third kappa shape index (κ3) is 4.99. The Bertz CT molecular complexity index is 430. The zero-order valence-corrected chi connectivity index (χ0v) is 11.2. The summed E-state index contributed by atoms with van der Waals surface area (Å²) in [5.74, 6) is -0.148. The number of hydrogen-bond donors (Lipinski definition) is 3. The lowest BCUT2D eigenvalue weighted by molar-refractivity contribution is -0.139. The number of aryl methyl sites for hydroxylation is 1. The first-order chi connectivity index (χ1) is 9.04. The first-order valence-corrected chi connectivity index (χ1v) is 6.28. The van der Waals surface area contributed by atoms with Crippen LogP contribution in [0.5, 0.6) is 0 Å². The standard InChI is InChI=1S/C12H20N4O3/c1-3-4-9(11(17)18)15-12(19)14-6-5-10-13-7-8-16(10)2/h7-9H,3-6H2,1-2H3,(H,17,18)(H2,14,15,19)/t9-/m0/s1. The van der Waals surface area contributed by atoms with Crippen molar-refractivity contribution < 1.29 is 14.7 Å². The van der Waals surface area contributed by atoms with E-state index in [2.05, 4.69) is 15.6 Å². The van der Waals surface area contributed by atoms with E-state index in [9.17, 15) is 9.59 Å². The fraction of sp³-hybridized carbons (Fsp3) is 0.583.